The van der Waals surface area contributed by atoms with Crippen molar-refractivity contribution in [1.82, 2.24) is 5.32 Å². The van der Waals surface area contributed by atoms with Crippen LogP contribution in [0.1, 0.15) is 56.8 Å². The molecular weight excluding hydrogens is 260 g/mol. The third kappa shape index (κ3) is 3.12. The van der Waals surface area contributed by atoms with Gasteiger partial charge in [0.1, 0.15) is 0 Å². The number of rotatable bonds is 1. The van der Waals surface area contributed by atoms with Gasteiger partial charge in [0, 0.05) is 13.1 Å². The largest absolute Gasteiger partial charge is 0.364 e. The van der Waals surface area contributed by atoms with Crippen LogP contribution in [0.5, 0.6) is 0 Å². The molecule has 3 heteroatoms. The monoisotopic (exact) mass is 284 g/mol. The number of hydrogen-bond donors (Lipinski definition) is 1. The lowest BCUT2D eigenvalue weighted by atomic mass is 9.70. The average Bonchev–Trinajstić information content (AvgIpc) is 2.51. The zero-order chi connectivity index (χ0) is 14.9. The van der Waals surface area contributed by atoms with Crippen LogP contribution in [0.4, 0.5) is 0 Å². The summed E-state index contributed by atoms with van der Waals surface area (Å²) in [6, 6.07) is 10.0. The number of morpholine rings is 1. The van der Waals surface area contributed by atoms with E-state index in [1.54, 1.807) is 0 Å². The maximum absolute atomic E-state index is 9.05. The van der Waals surface area contributed by atoms with Crippen molar-refractivity contribution in [3.05, 3.63) is 35.4 Å². The van der Waals surface area contributed by atoms with Gasteiger partial charge in [-0.15, -0.1) is 0 Å². The summed E-state index contributed by atoms with van der Waals surface area (Å²) >= 11 is 0. The maximum atomic E-state index is 9.05. The number of benzene rings is 1. The summed E-state index contributed by atoms with van der Waals surface area (Å²) in [4.78, 5) is 0. The van der Waals surface area contributed by atoms with Crippen molar-refractivity contribution in [2.75, 3.05) is 13.1 Å². The minimum absolute atomic E-state index is 0.0128. The van der Waals surface area contributed by atoms with Gasteiger partial charge in [0.05, 0.1) is 23.3 Å². The third-order valence-electron chi connectivity index (χ3n) is 5.07. The van der Waals surface area contributed by atoms with Crippen molar-refractivity contribution >= 4 is 0 Å². The Balaban J connectivity index is 1.75. The van der Waals surface area contributed by atoms with E-state index < -0.39 is 0 Å². The average molecular weight is 284 g/mol. The molecule has 3 nitrogen and oxygen atoms in total. The summed E-state index contributed by atoms with van der Waals surface area (Å²) < 4.78 is 6.52. The number of hydrogen-bond acceptors (Lipinski definition) is 3. The van der Waals surface area contributed by atoms with Crippen molar-refractivity contribution in [3.8, 4) is 6.07 Å². The lowest BCUT2D eigenvalue weighted by Gasteiger charge is -2.48. The van der Waals surface area contributed by atoms with Gasteiger partial charge in [0.15, 0.2) is 0 Å². The summed E-state index contributed by atoms with van der Waals surface area (Å²) in [6.45, 7) is 6.49. The molecule has 1 aliphatic carbocycles. The van der Waals surface area contributed by atoms with Gasteiger partial charge in [-0.3, -0.25) is 0 Å². The molecule has 1 saturated heterocycles. The molecule has 0 radical (unpaired) electrons. The van der Waals surface area contributed by atoms with Gasteiger partial charge < -0.3 is 10.1 Å². The minimum Gasteiger partial charge on any atom is -0.364 e. The van der Waals surface area contributed by atoms with E-state index in [1.807, 2.05) is 18.2 Å². The zero-order valence-corrected chi connectivity index (χ0v) is 13.0. The van der Waals surface area contributed by atoms with E-state index in [2.05, 4.69) is 31.3 Å². The minimum atomic E-state index is -0.0128. The van der Waals surface area contributed by atoms with Crippen LogP contribution in [-0.2, 0) is 4.74 Å². The molecule has 1 heterocycles. The van der Waals surface area contributed by atoms with E-state index in [0.29, 0.717) is 11.0 Å². The lowest BCUT2D eigenvalue weighted by molar-refractivity contribution is -0.147. The Hall–Kier alpha value is -1.37. The first kappa shape index (κ1) is 14.6. The second-order valence-electron chi connectivity index (χ2n) is 7.32. The lowest BCUT2D eigenvalue weighted by Crippen LogP contribution is -2.53. The van der Waals surface area contributed by atoms with Gasteiger partial charge in [0.25, 0.3) is 0 Å². The fourth-order valence-electron chi connectivity index (χ4n) is 3.49. The normalized spacial score (nSPS) is 27.2. The van der Waals surface area contributed by atoms with Crippen LogP contribution in [0.2, 0.25) is 0 Å². The summed E-state index contributed by atoms with van der Waals surface area (Å²) in [5.74, 6) is 0. The Kier molecular flexibility index (Phi) is 3.77. The molecule has 0 aromatic heterocycles. The molecule has 1 aliphatic heterocycles. The Morgan fingerprint density at radius 1 is 1.24 bits per heavy atom. The van der Waals surface area contributed by atoms with Crippen LogP contribution in [0.25, 0.3) is 0 Å². The van der Waals surface area contributed by atoms with Crippen LogP contribution >= 0.6 is 0 Å². The molecule has 21 heavy (non-hydrogen) atoms. The molecule has 1 aromatic carbocycles. The number of nitrogens with one attached hydrogen (secondary N) is 1. The third-order valence-corrected chi connectivity index (χ3v) is 5.07. The Morgan fingerprint density at radius 2 is 2.00 bits per heavy atom. The topological polar surface area (TPSA) is 45.0 Å². The molecule has 1 saturated carbocycles. The standard InChI is InChI=1S/C18H24N2O/c1-17(2)6-8-18(9-7-17)13-20-12-16(21-18)15-5-3-4-14(10-15)11-19/h3-5,10,16,20H,6-9,12-13H2,1-2H3. The van der Waals surface area contributed by atoms with E-state index in [0.717, 1.165) is 31.5 Å². The molecule has 1 N–H and O–H groups in total. The summed E-state index contributed by atoms with van der Waals surface area (Å²) in [6.07, 6.45) is 4.76. The first-order chi connectivity index (χ1) is 10.0. The number of nitriles is 1. The first-order valence-electron chi connectivity index (χ1n) is 7.91. The molecule has 3 rings (SSSR count). The van der Waals surface area contributed by atoms with Crippen molar-refractivity contribution in [3.63, 3.8) is 0 Å². The Morgan fingerprint density at radius 3 is 2.71 bits per heavy atom. The fraction of sp³-hybridized carbons (Fsp3) is 0.611. The molecule has 1 spiro atoms. The Labute approximate surface area is 127 Å². The van der Waals surface area contributed by atoms with E-state index >= 15 is 0 Å². The van der Waals surface area contributed by atoms with Crippen molar-refractivity contribution in [2.45, 2.75) is 51.2 Å². The van der Waals surface area contributed by atoms with Gasteiger partial charge in [-0.2, -0.15) is 5.26 Å². The van der Waals surface area contributed by atoms with Crippen molar-refractivity contribution in [1.29, 1.82) is 5.26 Å². The van der Waals surface area contributed by atoms with E-state index in [-0.39, 0.29) is 11.7 Å². The van der Waals surface area contributed by atoms with Gasteiger partial charge in [-0.05, 0) is 48.8 Å². The summed E-state index contributed by atoms with van der Waals surface area (Å²) in [5.41, 5.74) is 2.26. The highest BCUT2D eigenvalue weighted by atomic mass is 16.5. The molecule has 2 aliphatic rings. The van der Waals surface area contributed by atoms with Crippen LogP contribution in [0, 0.1) is 16.7 Å². The fourth-order valence-corrected chi connectivity index (χ4v) is 3.49. The second kappa shape index (κ2) is 5.44. The van der Waals surface area contributed by atoms with Gasteiger partial charge in [0.2, 0.25) is 0 Å². The van der Waals surface area contributed by atoms with E-state index in [1.165, 1.54) is 12.8 Å². The first-order valence-corrected chi connectivity index (χ1v) is 7.91. The number of ether oxygens (including phenoxy) is 1. The SMILES string of the molecule is CC1(C)CCC2(CC1)CNCC(c1cccc(C#N)c1)O2. The van der Waals surface area contributed by atoms with Crippen LogP contribution in [0.3, 0.4) is 0 Å². The van der Waals surface area contributed by atoms with E-state index in [9.17, 15) is 0 Å². The van der Waals surface area contributed by atoms with Crippen LogP contribution < -0.4 is 5.32 Å². The van der Waals surface area contributed by atoms with Gasteiger partial charge in [-0.1, -0.05) is 26.0 Å². The summed E-state index contributed by atoms with van der Waals surface area (Å²) in [7, 11) is 0. The molecule has 0 bridgehead atoms. The highest BCUT2D eigenvalue weighted by Crippen LogP contribution is 2.44. The maximum Gasteiger partial charge on any atom is 0.0991 e. The molecule has 1 atom stereocenters. The highest BCUT2D eigenvalue weighted by Gasteiger charge is 2.42. The summed E-state index contributed by atoms with van der Waals surface area (Å²) in [5, 5.41) is 12.6. The zero-order valence-electron chi connectivity index (χ0n) is 13.0. The molecule has 112 valence electrons. The molecule has 2 fully saturated rings. The predicted octanol–water partition coefficient (Wildman–Crippen LogP) is 3.56. The second-order valence-corrected chi connectivity index (χ2v) is 7.32. The predicted molar refractivity (Wildman–Crippen MR) is 82.8 cm³/mol. The van der Waals surface area contributed by atoms with Gasteiger partial charge in [-0.25, -0.2) is 0 Å². The van der Waals surface area contributed by atoms with Crippen molar-refractivity contribution < 1.29 is 4.74 Å². The van der Waals surface area contributed by atoms with Gasteiger partial charge >= 0.3 is 0 Å². The molecule has 1 aromatic rings. The van der Waals surface area contributed by atoms with Crippen LogP contribution in [0.15, 0.2) is 24.3 Å². The number of nitrogens with zero attached hydrogens (tertiary/aromatic N) is 1. The molecule has 1 unspecified atom stereocenters. The molecule has 0 amide bonds. The smallest absolute Gasteiger partial charge is 0.0991 e. The van der Waals surface area contributed by atoms with Crippen LogP contribution in [-0.4, -0.2) is 18.7 Å². The van der Waals surface area contributed by atoms with Crippen molar-refractivity contribution in [2.24, 2.45) is 5.41 Å². The highest BCUT2D eigenvalue weighted by molar-refractivity contribution is 5.34. The molecular formula is C18H24N2O. The quantitative estimate of drug-likeness (QED) is 0.857. The Bertz CT molecular complexity index is 549. The van der Waals surface area contributed by atoms with E-state index in [4.69, 9.17) is 10.00 Å².